The Morgan fingerprint density at radius 2 is 1.80 bits per heavy atom. The van der Waals surface area contributed by atoms with Crippen LogP contribution < -0.4 is 5.32 Å². The Kier molecular flexibility index (Phi) is 4.74. The number of hydrogen-bond donors (Lipinski definition) is 3. The smallest absolute Gasteiger partial charge is 0.220 e. The second-order valence-corrected chi connectivity index (χ2v) is 5.12. The molecule has 1 unspecified atom stereocenters. The molecule has 4 heteroatoms. The molecule has 0 aromatic carbocycles. The first-order chi connectivity index (χ1) is 6.56. The number of carbonyl (C=O) groups excluding carboxylic acids is 1. The standard InChI is InChI=1S/C11H23NO3/c1-8(13)6-7-9(14)12-10(2,3)11(4,5)15/h8,13,15H,6-7H2,1-5H3,(H,12,14). The van der Waals surface area contributed by atoms with E-state index in [1.54, 1.807) is 34.6 Å². The molecule has 0 saturated heterocycles. The SMILES string of the molecule is CC(O)CCC(=O)NC(C)(C)C(C)(C)O. The number of nitrogens with one attached hydrogen (secondary N) is 1. The molecule has 0 aliphatic rings. The fraction of sp³-hybridized carbons (Fsp3) is 0.909. The number of carbonyl (C=O) groups is 1. The molecule has 0 aromatic heterocycles. The quantitative estimate of drug-likeness (QED) is 0.638. The molecular weight excluding hydrogens is 194 g/mol. The molecule has 0 aliphatic carbocycles. The molecule has 3 N–H and O–H groups in total. The van der Waals surface area contributed by atoms with Gasteiger partial charge in [-0.15, -0.1) is 0 Å². The minimum Gasteiger partial charge on any atom is -0.393 e. The number of amides is 1. The van der Waals surface area contributed by atoms with Crippen LogP contribution in [0.2, 0.25) is 0 Å². The van der Waals surface area contributed by atoms with Crippen molar-refractivity contribution in [3.05, 3.63) is 0 Å². The van der Waals surface area contributed by atoms with Crippen LogP contribution in [-0.4, -0.2) is 33.4 Å². The molecule has 0 radical (unpaired) electrons. The summed E-state index contributed by atoms with van der Waals surface area (Å²) in [6.07, 6.45) is 0.242. The highest BCUT2D eigenvalue weighted by Gasteiger charge is 2.36. The van der Waals surface area contributed by atoms with E-state index in [1.165, 1.54) is 0 Å². The van der Waals surface area contributed by atoms with Gasteiger partial charge >= 0.3 is 0 Å². The van der Waals surface area contributed by atoms with Crippen LogP contribution in [0.1, 0.15) is 47.5 Å². The van der Waals surface area contributed by atoms with E-state index in [0.29, 0.717) is 6.42 Å². The zero-order valence-electron chi connectivity index (χ0n) is 10.3. The summed E-state index contributed by atoms with van der Waals surface area (Å²) < 4.78 is 0. The molecule has 1 amide bonds. The van der Waals surface area contributed by atoms with E-state index in [1.807, 2.05) is 0 Å². The first-order valence-corrected chi connectivity index (χ1v) is 5.28. The zero-order valence-corrected chi connectivity index (χ0v) is 10.3. The summed E-state index contributed by atoms with van der Waals surface area (Å²) in [6, 6.07) is 0. The van der Waals surface area contributed by atoms with Gasteiger partial charge in [-0.1, -0.05) is 0 Å². The van der Waals surface area contributed by atoms with Crippen molar-refractivity contribution in [3.63, 3.8) is 0 Å². The lowest BCUT2D eigenvalue weighted by Crippen LogP contribution is -2.57. The largest absolute Gasteiger partial charge is 0.393 e. The summed E-state index contributed by atoms with van der Waals surface area (Å²) in [5, 5.41) is 21.6. The lowest BCUT2D eigenvalue weighted by atomic mass is 9.86. The minimum absolute atomic E-state index is 0.150. The van der Waals surface area contributed by atoms with E-state index >= 15 is 0 Å². The van der Waals surface area contributed by atoms with Gasteiger partial charge in [-0.3, -0.25) is 4.79 Å². The molecule has 15 heavy (non-hydrogen) atoms. The summed E-state index contributed by atoms with van der Waals surface area (Å²) in [6.45, 7) is 8.50. The zero-order chi connectivity index (χ0) is 12.3. The van der Waals surface area contributed by atoms with Crippen LogP contribution in [0.4, 0.5) is 0 Å². The van der Waals surface area contributed by atoms with E-state index < -0.39 is 17.2 Å². The van der Waals surface area contributed by atoms with E-state index in [9.17, 15) is 9.90 Å². The molecule has 0 heterocycles. The maximum Gasteiger partial charge on any atom is 0.220 e. The molecule has 0 rings (SSSR count). The van der Waals surface area contributed by atoms with Crippen molar-refractivity contribution in [2.45, 2.75) is 64.7 Å². The highest BCUT2D eigenvalue weighted by Crippen LogP contribution is 2.20. The first kappa shape index (κ1) is 14.4. The molecule has 4 nitrogen and oxygen atoms in total. The van der Waals surface area contributed by atoms with Crippen molar-refractivity contribution in [2.24, 2.45) is 0 Å². The van der Waals surface area contributed by atoms with Crippen LogP contribution in [0, 0.1) is 0 Å². The molecule has 0 aromatic rings. The van der Waals surface area contributed by atoms with Gasteiger partial charge in [0, 0.05) is 6.42 Å². The Bertz CT molecular complexity index is 216. The van der Waals surface area contributed by atoms with E-state index in [-0.39, 0.29) is 12.3 Å². The summed E-state index contributed by atoms with van der Waals surface area (Å²) in [5.74, 6) is -0.150. The summed E-state index contributed by atoms with van der Waals surface area (Å²) in [5.41, 5.74) is -1.66. The third-order valence-electron chi connectivity index (χ3n) is 2.77. The Hall–Kier alpha value is -0.610. The second-order valence-electron chi connectivity index (χ2n) is 5.12. The predicted octanol–water partition coefficient (Wildman–Crippen LogP) is 0.813. The topological polar surface area (TPSA) is 69.6 Å². The first-order valence-electron chi connectivity index (χ1n) is 5.28. The molecule has 0 fully saturated rings. The van der Waals surface area contributed by atoms with Crippen molar-refractivity contribution in [1.29, 1.82) is 0 Å². The lowest BCUT2D eigenvalue weighted by molar-refractivity contribution is -0.126. The Morgan fingerprint density at radius 1 is 1.33 bits per heavy atom. The van der Waals surface area contributed by atoms with Crippen molar-refractivity contribution in [2.75, 3.05) is 0 Å². The predicted molar refractivity (Wildman–Crippen MR) is 59.4 cm³/mol. The van der Waals surface area contributed by atoms with E-state index in [2.05, 4.69) is 5.32 Å². The average Bonchev–Trinajstić information content (AvgIpc) is 1.97. The van der Waals surface area contributed by atoms with Gasteiger partial charge in [0.1, 0.15) is 0 Å². The van der Waals surface area contributed by atoms with Gasteiger partial charge in [-0.25, -0.2) is 0 Å². The highest BCUT2D eigenvalue weighted by atomic mass is 16.3. The summed E-state index contributed by atoms with van der Waals surface area (Å²) in [4.78, 5) is 11.5. The van der Waals surface area contributed by atoms with E-state index in [0.717, 1.165) is 0 Å². The summed E-state index contributed by atoms with van der Waals surface area (Å²) in [7, 11) is 0. The fourth-order valence-corrected chi connectivity index (χ4v) is 0.904. The Morgan fingerprint density at radius 3 is 2.13 bits per heavy atom. The summed E-state index contributed by atoms with van der Waals surface area (Å²) >= 11 is 0. The van der Waals surface area contributed by atoms with Gasteiger partial charge in [0.2, 0.25) is 5.91 Å². The van der Waals surface area contributed by atoms with Crippen molar-refractivity contribution in [1.82, 2.24) is 5.32 Å². The number of rotatable bonds is 5. The van der Waals surface area contributed by atoms with Crippen LogP contribution in [0.15, 0.2) is 0 Å². The van der Waals surface area contributed by atoms with Crippen LogP contribution in [-0.2, 0) is 4.79 Å². The number of aliphatic hydroxyl groups is 2. The van der Waals surface area contributed by atoms with Gasteiger partial charge < -0.3 is 15.5 Å². The van der Waals surface area contributed by atoms with Gasteiger partial charge in [0.05, 0.1) is 17.2 Å². The van der Waals surface area contributed by atoms with E-state index in [4.69, 9.17) is 5.11 Å². The Labute approximate surface area is 91.7 Å². The van der Waals surface area contributed by atoms with Crippen molar-refractivity contribution >= 4 is 5.91 Å². The van der Waals surface area contributed by atoms with Crippen LogP contribution in [0.3, 0.4) is 0 Å². The third kappa shape index (κ3) is 5.14. The normalized spacial score (nSPS) is 14.9. The average molecular weight is 217 g/mol. The van der Waals surface area contributed by atoms with Crippen LogP contribution in [0.5, 0.6) is 0 Å². The molecular formula is C11H23NO3. The van der Waals surface area contributed by atoms with Gasteiger partial charge in [-0.05, 0) is 41.0 Å². The second kappa shape index (κ2) is 4.94. The molecule has 0 aliphatic heterocycles. The molecule has 0 saturated carbocycles. The minimum atomic E-state index is -0.979. The molecule has 90 valence electrons. The van der Waals surface area contributed by atoms with Gasteiger partial charge in [0.25, 0.3) is 0 Å². The van der Waals surface area contributed by atoms with Gasteiger partial charge in [0.15, 0.2) is 0 Å². The fourth-order valence-electron chi connectivity index (χ4n) is 0.904. The molecule has 1 atom stereocenters. The number of aliphatic hydroxyl groups excluding tert-OH is 1. The third-order valence-corrected chi connectivity index (χ3v) is 2.77. The Balaban J connectivity index is 4.17. The molecule has 0 spiro atoms. The maximum atomic E-state index is 11.5. The van der Waals surface area contributed by atoms with Gasteiger partial charge in [-0.2, -0.15) is 0 Å². The monoisotopic (exact) mass is 217 g/mol. The number of hydrogen-bond acceptors (Lipinski definition) is 3. The molecule has 0 bridgehead atoms. The van der Waals surface area contributed by atoms with Crippen LogP contribution in [0.25, 0.3) is 0 Å². The maximum absolute atomic E-state index is 11.5. The van der Waals surface area contributed by atoms with Crippen molar-refractivity contribution in [3.8, 4) is 0 Å². The van der Waals surface area contributed by atoms with Crippen LogP contribution >= 0.6 is 0 Å². The lowest BCUT2D eigenvalue weighted by Gasteiger charge is -2.38. The van der Waals surface area contributed by atoms with Crippen molar-refractivity contribution < 1.29 is 15.0 Å². The highest BCUT2D eigenvalue weighted by molar-refractivity contribution is 5.76.